The molecule has 0 aliphatic rings. The summed E-state index contributed by atoms with van der Waals surface area (Å²) in [5.74, 6) is -0.189. The monoisotopic (exact) mass is 423 g/mol. The first-order chi connectivity index (χ1) is 13.5. The zero-order valence-corrected chi connectivity index (χ0v) is 17.0. The molecule has 1 aromatic heterocycles. The highest BCUT2D eigenvalue weighted by Crippen LogP contribution is 2.21. The van der Waals surface area contributed by atoms with Crippen LogP contribution < -0.4 is 20.9 Å². The average Bonchev–Trinajstić information content (AvgIpc) is 3.20. The van der Waals surface area contributed by atoms with Crippen molar-refractivity contribution in [1.29, 1.82) is 0 Å². The Morgan fingerprint density at radius 2 is 1.86 bits per heavy atom. The lowest BCUT2D eigenvalue weighted by molar-refractivity contribution is -0.128. The zero-order chi connectivity index (χ0) is 20.4. The van der Waals surface area contributed by atoms with Crippen LogP contribution in [0.15, 0.2) is 35.7 Å². The Bertz CT molecular complexity index is 812. The molecule has 9 heteroatoms. The van der Waals surface area contributed by atoms with E-state index in [1.54, 1.807) is 29.6 Å². The molecular formula is C19H22ClN3O4S. The van der Waals surface area contributed by atoms with Crippen molar-refractivity contribution in [2.45, 2.75) is 26.2 Å². The minimum Gasteiger partial charge on any atom is -0.493 e. The van der Waals surface area contributed by atoms with Crippen molar-refractivity contribution in [1.82, 2.24) is 16.2 Å². The van der Waals surface area contributed by atoms with Crippen LogP contribution in [0.3, 0.4) is 0 Å². The molecule has 0 bridgehead atoms. The number of thiophene rings is 1. The minimum atomic E-state index is -0.382. The second kappa shape index (κ2) is 11.3. The lowest BCUT2D eigenvalue weighted by atomic mass is 10.2. The van der Waals surface area contributed by atoms with E-state index >= 15 is 0 Å². The highest BCUT2D eigenvalue weighted by Gasteiger charge is 2.08. The third-order valence-corrected chi connectivity index (χ3v) is 4.77. The maximum absolute atomic E-state index is 11.7. The van der Waals surface area contributed by atoms with Gasteiger partial charge in [-0.3, -0.25) is 25.2 Å². The van der Waals surface area contributed by atoms with E-state index in [9.17, 15) is 14.4 Å². The second-order valence-corrected chi connectivity index (χ2v) is 7.33. The van der Waals surface area contributed by atoms with Gasteiger partial charge in [-0.15, -0.1) is 11.3 Å². The first-order valence-electron chi connectivity index (χ1n) is 8.74. The summed E-state index contributed by atoms with van der Waals surface area (Å²) >= 11 is 7.21. The van der Waals surface area contributed by atoms with Crippen LogP contribution in [0.2, 0.25) is 5.02 Å². The van der Waals surface area contributed by atoms with Crippen LogP contribution >= 0.6 is 22.9 Å². The van der Waals surface area contributed by atoms with Gasteiger partial charge < -0.3 is 10.1 Å². The van der Waals surface area contributed by atoms with Gasteiger partial charge in [0.25, 0.3) is 5.91 Å². The summed E-state index contributed by atoms with van der Waals surface area (Å²) in [6, 6.07) is 8.83. The lowest BCUT2D eigenvalue weighted by Crippen LogP contribution is -2.42. The van der Waals surface area contributed by atoms with Crippen molar-refractivity contribution in [3.8, 4) is 5.75 Å². The molecule has 1 aromatic carbocycles. The van der Waals surface area contributed by atoms with Crippen molar-refractivity contribution >= 4 is 40.7 Å². The molecule has 0 unspecified atom stereocenters. The molecule has 150 valence electrons. The minimum absolute atomic E-state index is 0.0658. The molecule has 2 rings (SSSR count). The predicted molar refractivity (Wildman–Crippen MR) is 108 cm³/mol. The van der Waals surface area contributed by atoms with Crippen LogP contribution in [-0.2, 0) is 9.59 Å². The summed E-state index contributed by atoms with van der Waals surface area (Å²) in [7, 11) is 0. The number of hydrogen-bond donors (Lipinski definition) is 3. The lowest BCUT2D eigenvalue weighted by Gasteiger charge is -2.10. The van der Waals surface area contributed by atoms with Gasteiger partial charge in [-0.05, 0) is 48.6 Å². The summed E-state index contributed by atoms with van der Waals surface area (Å²) in [5.41, 5.74) is 5.59. The number of aryl methyl sites for hydroxylation is 1. The first-order valence-corrected chi connectivity index (χ1v) is 10.00. The zero-order valence-electron chi connectivity index (χ0n) is 15.4. The molecule has 0 aliphatic heterocycles. The van der Waals surface area contributed by atoms with Gasteiger partial charge in [0.2, 0.25) is 11.8 Å². The summed E-state index contributed by atoms with van der Waals surface area (Å²) in [6.45, 7) is 2.46. The molecule has 2 aromatic rings. The summed E-state index contributed by atoms with van der Waals surface area (Å²) < 4.78 is 5.61. The Balaban J connectivity index is 1.54. The Labute approximate surface area is 172 Å². The van der Waals surface area contributed by atoms with E-state index < -0.39 is 0 Å². The Morgan fingerprint density at radius 3 is 2.54 bits per heavy atom. The maximum Gasteiger partial charge on any atom is 0.261 e. The second-order valence-electron chi connectivity index (χ2n) is 5.94. The number of nitrogens with one attached hydrogen (secondary N) is 3. The number of benzene rings is 1. The molecule has 0 fully saturated rings. The Hall–Kier alpha value is -2.58. The Morgan fingerprint density at radius 1 is 1.11 bits per heavy atom. The number of carbonyl (C=O) groups excluding carboxylic acids is 3. The summed E-state index contributed by atoms with van der Waals surface area (Å²) in [4.78, 5) is 35.7. The number of hydrazine groups is 1. The van der Waals surface area contributed by atoms with Crippen molar-refractivity contribution in [2.24, 2.45) is 0 Å². The SMILES string of the molecule is Cc1cc(Cl)ccc1OCCCC(=O)NNC(=O)CCNC(=O)c1cccs1. The smallest absolute Gasteiger partial charge is 0.261 e. The number of rotatable bonds is 9. The molecule has 0 aliphatic carbocycles. The predicted octanol–water partition coefficient (Wildman–Crippen LogP) is 2.84. The quantitative estimate of drug-likeness (QED) is 0.426. The van der Waals surface area contributed by atoms with Gasteiger partial charge in [-0.2, -0.15) is 0 Å². The number of ether oxygens (including phenoxy) is 1. The van der Waals surface area contributed by atoms with E-state index in [1.807, 2.05) is 13.0 Å². The summed E-state index contributed by atoms with van der Waals surface area (Å²) in [5, 5.41) is 5.09. The Kier molecular flexibility index (Phi) is 8.77. The fraction of sp³-hybridized carbons (Fsp3) is 0.316. The molecule has 0 saturated carbocycles. The molecule has 0 saturated heterocycles. The van der Waals surface area contributed by atoms with Crippen molar-refractivity contribution in [3.05, 3.63) is 51.2 Å². The van der Waals surface area contributed by atoms with E-state index in [2.05, 4.69) is 16.2 Å². The normalized spacial score (nSPS) is 10.2. The molecule has 0 atom stereocenters. The van der Waals surface area contributed by atoms with Crippen molar-refractivity contribution in [3.63, 3.8) is 0 Å². The molecule has 0 radical (unpaired) electrons. The van der Waals surface area contributed by atoms with Crippen LogP contribution in [0.1, 0.15) is 34.5 Å². The van der Waals surface area contributed by atoms with Crippen molar-refractivity contribution in [2.75, 3.05) is 13.2 Å². The topological polar surface area (TPSA) is 96.5 Å². The van der Waals surface area contributed by atoms with Gasteiger partial charge in [0.15, 0.2) is 0 Å². The van der Waals surface area contributed by atoms with Gasteiger partial charge >= 0.3 is 0 Å². The van der Waals surface area contributed by atoms with Crippen LogP contribution in [0.4, 0.5) is 0 Å². The standard InChI is InChI=1S/C19H22ClN3O4S/c1-13-12-14(20)6-7-15(13)27-10-2-5-17(24)22-23-18(25)8-9-21-19(26)16-4-3-11-28-16/h3-4,6-7,11-12H,2,5,8-10H2,1H3,(H,21,26)(H,22,24)(H,23,25). The van der Waals surface area contributed by atoms with E-state index in [4.69, 9.17) is 16.3 Å². The van der Waals surface area contributed by atoms with Crippen LogP contribution in [0.25, 0.3) is 0 Å². The number of halogens is 1. The highest BCUT2D eigenvalue weighted by atomic mass is 35.5. The molecular weight excluding hydrogens is 402 g/mol. The highest BCUT2D eigenvalue weighted by molar-refractivity contribution is 7.12. The third kappa shape index (κ3) is 7.58. The van der Waals surface area contributed by atoms with Gasteiger partial charge in [0.1, 0.15) is 5.75 Å². The van der Waals surface area contributed by atoms with E-state index in [0.29, 0.717) is 22.9 Å². The largest absolute Gasteiger partial charge is 0.493 e. The molecule has 28 heavy (non-hydrogen) atoms. The van der Waals surface area contributed by atoms with Crippen LogP contribution in [-0.4, -0.2) is 30.9 Å². The third-order valence-electron chi connectivity index (χ3n) is 3.67. The van der Waals surface area contributed by atoms with E-state index in [0.717, 1.165) is 11.3 Å². The number of amides is 3. The summed E-state index contributed by atoms with van der Waals surface area (Å²) in [6.07, 6.45) is 0.777. The molecule has 0 spiro atoms. The van der Waals surface area contributed by atoms with Crippen molar-refractivity contribution < 1.29 is 19.1 Å². The van der Waals surface area contributed by atoms with E-state index in [-0.39, 0.29) is 37.1 Å². The number of carbonyl (C=O) groups is 3. The first kappa shape index (κ1) is 21.7. The van der Waals surface area contributed by atoms with Crippen LogP contribution in [0, 0.1) is 6.92 Å². The van der Waals surface area contributed by atoms with Gasteiger partial charge in [0.05, 0.1) is 11.5 Å². The average molecular weight is 424 g/mol. The molecule has 7 nitrogen and oxygen atoms in total. The molecule has 3 amide bonds. The maximum atomic E-state index is 11.7. The molecule has 1 heterocycles. The van der Waals surface area contributed by atoms with Gasteiger partial charge in [0, 0.05) is 24.4 Å². The van der Waals surface area contributed by atoms with E-state index in [1.165, 1.54) is 11.3 Å². The fourth-order valence-electron chi connectivity index (χ4n) is 2.24. The fourth-order valence-corrected chi connectivity index (χ4v) is 3.11. The van der Waals surface area contributed by atoms with Gasteiger partial charge in [-0.1, -0.05) is 17.7 Å². The number of hydrogen-bond acceptors (Lipinski definition) is 5. The van der Waals surface area contributed by atoms with Gasteiger partial charge in [-0.25, -0.2) is 0 Å². The molecule has 3 N–H and O–H groups in total. The van der Waals surface area contributed by atoms with Crippen LogP contribution in [0.5, 0.6) is 5.75 Å².